The second kappa shape index (κ2) is 6.22. The molecule has 0 spiro atoms. The van der Waals surface area contributed by atoms with Gasteiger partial charge in [-0.15, -0.1) is 0 Å². The van der Waals surface area contributed by atoms with E-state index in [-0.39, 0.29) is 0 Å². The number of rotatable bonds is 3. The molecule has 0 aromatic carbocycles. The Morgan fingerprint density at radius 1 is 1.22 bits per heavy atom. The Bertz CT molecular complexity index is 394. The van der Waals surface area contributed by atoms with Crippen molar-refractivity contribution in [2.45, 2.75) is 54.4 Å². The first-order chi connectivity index (χ1) is 8.28. The van der Waals surface area contributed by atoms with E-state index in [4.69, 9.17) is 0 Å². The molecule has 100 valence electrons. The maximum absolute atomic E-state index is 2.36. The summed E-state index contributed by atoms with van der Waals surface area (Å²) >= 11 is 0. The third kappa shape index (κ3) is 5.53. The molecule has 0 fully saturated rings. The summed E-state index contributed by atoms with van der Waals surface area (Å²) in [6, 6.07) is 0. The standard InChI is InChI=1S/C18H28/c1-14(2)7-9-16-11-17(10-8-15(3)4)13-18(5,6)12-16/h7-11,14H,12-13H2,1-6H3/b9-7+,17-10-. The molecule has 0 saturated heterocycles. The van der Waals surface area contributed by atoms with Crippen molar-refractivity contribution in [1.29, 1.82) is 0 Å². The average molecular weight is 244 g/mol. The first-order valence-corrected chi connectivity index (χ1v) is 7.01. The van der Waals surface area contributed by atoms with Crippen molar-refractivity contribution in [2.75, 3.05) is 0 Å². The van der Waals surface area contributed by atoms with Crippen molar-refractivity contribution >= 4 is 0 Å². The molecule has 0 bridgehead atoms. The number of hydrogen-bond donors (Lipinski definition) is 0. The molecule has 0 unspecified atom stereocenters. The van der Waals surface area contributed by atoms with E-state index in [1.54, 1.807) is 0 Å². The summed E-state index contributed by atoms with van der Waals surface area (Å²) in [5, 5.41) is 0. The highest BCUT2D eigenvalue weighted by Crippen LogP contribution is 2.38. The molecule has 0 heterocycles. The van der Waals surface area contributed by atoms with Crippen LogP contribution >= 0.6 is 0 Å². The lowest BCUT2D eigenvalue weighted by molar-refractivity contribution is 0.355. The molecule has 0 aliphatic heterocycles. The Morgan fingerprint density at radius 3 is 2.44 bits per heavy atom. The average Bonchev–Trinajstić information content (AvgIpc) is 2.21. The molecule has 18 heavy (non-hydrogen) atoms. The van der Waals surface area contributed by atoms with Gasteiger partial charge in [0.1, 0.15) is 0 Å². The normalized spacial score (nSPS) is 21.5. The van der Waals surface area contributed by atoms with Gasteiger partial charge >= 0.3 is 0 Å². The van der Waals surface area contributed by atoms with Gasteiger partial charge in [0.05, 0.1) is 0 Å². The van der Waals surface area contributed by atoms with Crippen LogP contribution in [0.25, 0.3) is 0 Å². The van der Waals surface area contributed by atoms with Gasteiger partial charge in [0.2, 0.25) is 0 Å². The highest BCUT2D eigenvalue weighted by Gasteiger charge is 2.24. The molecule has 0 radical (unpaired) electrons. The Morgan fingerprint density at radius 2 is 1.89 bits per heavy atom. The molecule has 0 N–H and O–H groups in total. The molecule has 0 aromatic rings. The van der Waals surface area contributed by atoms with E-state index in [0.717, 1.165) is 0 Å². The zero-order chi connectivity index (χ0) is 13.8. The highest BCUT2D eigenvalue weighted by molar-refractivity contribution is 5.37. The van der Waals surface area contributed by atoms with Crippen LogP contribution < -0.4 is 0 Å². The van der Waals surface area contributed by atoms with Gasteiger partial charge in [0.15, 0.2) is 0 Å². The molecular weight excluding hydrogens is 216 g/mol. The van der Waals surface area contributed by atoms with E-state index < -0.39 is 0 Å². The van der Waals surface area contributed by atoms with Crippen LogP contribution in [0.1, 0.15) is 54.4 Å². The summed E-state index contributed by atoms with van der Waals surface area (Å²) in [6.45, 7) is 13.5. The molecule has 0 amide bonds. The maximum atomic E-state index is 2.36. The summed E-state index contributed by atoms with van der Waals surface area (Å²) in [5.41, 5.74) is 4.66. The minimum absolute atomic E-state index is 0.382. The van der Waals surface area contributed by atoms with Crippen LogP contribution in [0, 0.1) is 11.3 Å². The molecule has 1 aliphatic carbocycles. The second-order valence-electron chi connectivity index (χ2n) is 6.83. The molecule has 1 rings (SSSR count). The summed E-state index contributed by atoms with van der Waals surface area (Å²) in [6.07, 6.45) is 13.8. The third-order valence-electron chi connectivity index (χ3n) is 3.06. The van der Waals surface area contributed by atoms with Crippen molar-refractivity contribution in [1.82, 2.24) is 0 Å². The molecule has 0 nitrogen and oxygen atoms in total. The highest BCUT2D eigenvalue weighted by atomic mass is 14.3. The van der Waals surface area contributed by atoms with Gasteiger partial charge in [0.25, 0.3) is 0 Å². The fourth-order valence-electron chi connectivity index (χ4n) is 2.31. The van der Waals surface area contributed by atoms with Crippen LogP contribution in [-0.4, -0.2) is 0 Å². The topological polar surface area (TPSA) is 0 Å². The van der Waals surface area contributed by atoms with Crippen LogP contribution in [0.5, 0.6) is 0 Å². The third-order valence-corrected chi connectivity index (χ3v) is 3.06. The van der Waals surface area contributed by atoms with Crippen LogP contribution in [0.4, 0.5) is 0 Å². The van der Waals surface area contributed by atoms with Crippen molar-refractivity contribution < 1.29 is 0 Å². The van der Waals surface area contributed by atoms with Gasteiger partial charge in [-0.25, -0.2) is 0 Å². The minimum Gasteiger partial charge on any atom is -0.0817 e. The minimum atomic E-state index is 0.382. The predicted molar refractivity (Wildman–Crippen MR) is 82.6 cm³/mol. The predicted octanol–water partition coefficient (Wildman–Crippen LogP) is 5.84. The SMILES string of the molecule is CC(C)=C/C=C1C=C(/C=C/C(C)C)CC(C)(C)C/1. The molecule has 0 atom stereocenters. The first-order valence-electron chi connectivity index (χ1n) is 7.01. The van der Waals surface area contributed by atoms with Crippen LogP contribution in [-0.2, 0) is 0 Å². The molecule has 0 aromatic heterocycles. The Hall–Kier alpha value is -1.04. The van der Waals surface area contributed by atoms with Crippen molar-refractivity contribution in [3.8, 4) is 0 Å². The summed E-state index contributed by atoms with van der Waals surface area (Å²) < 4.78 is 0. The zero-order valence-electron chi connectivity index (χ0n) is 12.9. The Labute approximate surface area is 113 Å². The molecule has 1 aliphatic rings. The van der Waals surface area contributed by atoms with Crippen molar-refractivity contribution in [2.24, 2.45) is 11.3 Å². The van der Waals surface area contributed by atoms with Gasteiger partial charge in [-0.05, 0) is 49.2 Å². The van der Waals surface area contributed by atoms with Crippen LogP contribution in [0.3, 0.4) is 0 Å². The fourth-order valence-corrected chi connectivity index (χ4v) is 2.31. The Kier molecular flexibility index (Phi) is 5.19. The second-order valence-corrected chi connectivity index (χ2v) is 6.83. The van der Waals surface area contributed by atoms with E-state index in [1.807, 2.05) is 0 Å². The van der Waals surface area contributed by atoms with Crippen molar-refractivity contribution in [3.05, 3.63) is 47.1 Å². The molecule has 0 heteroatoms. The number of hydrogen-bond acceptors (Lipinski definition) is 0. The quantitative estimate of drug-likeness (QED) is 0.585. The molecular formula is C18H28. The van der Waals surface area contributed by atoms with Gasteiger partial charge in [-0.2, -0.15) is 0 Å². The number of allylic oxidation sites excluding steroid dienone is 8. The monoisotopic (exact) mass is 244 g/mol. The lowest BCUT2D eigenvalue weighted by atomic mass is 9.75. The van der Waals surface area contributed by atoms with E-state index >= 15 is 0 Å². The van der Waals surface area contributed by atoms with E-state index in [0.29, 0.717) is 11.3 Å². The van der Waals surface area contributed by atoms with E-state index in [1.165, 1.54) is 29.6 Å². The van der Waals surface area contributed by atoms with Gasteiger partial charge < -0.3 is 0 Å². The van der Waals surface area contributed by atoms with Crippen molar-refractivity contribution in [3.63, 3.8) is 0 Å². The maximum Gasteiger partial charge on any atom is -0.0224 e. The van der Waals surface area contributed by atoms with Gasteiger partial charge in [0, 0.05) is 0 Å². The summed E-state index contributed by atoms with van der Waals surface area (Å²) in [4.78, 5) is 0. The van der Waals surface area contributed by atoms with Crippen LogP contribution in [0.15, 0.2) is 47.1 Å². The first kappa shape index (κ1) is 15.0. The largest absolute Gasteiger partial charge is 0.0817 e. The van der Waals surface area contributed by atoms with E-state index in [9.17, 15) is 0 Å². The summed E-state index contributed by atoms with van der Waals surface area (Å²) in [7, 11) is 0. The van der Waals surface area contributed by atoms with Crippen LogP contribution in [0.2, 0.25) is 0 Å². The van der Waals surface area contributed by atoms with Gasteiger partial charge in [-0.3, -0.25) is 0 Å². The lowest BCUT2D eigenvalue weighted by Crippen LogP contribution is -2.16. The zero-order valence-corrected chi connectivity index (χ0v) is 12.9. The van der Waals surface area contributed by atoms with E-state index in [2.05, 4.69) is 71.9 Å². The summed E-state index contributed by atoms with van der Waals surface area (Å²) in [5.74, 6) is 0.626. The van der Waals surface area contributed by atoms with Gasteiger partial charge in [-0.1, -0.05) is 63.6 Å². The lowest BCUT2D eigenvalue weighted by Gasteiger charge is -2.30. The molecule has 0 saturated carbocycles. The fraction of sp³-hybridized carbons (Fsp3) is 0.556. The smallest absolute Gasteiger partial charge is 0.0224 e. The Balaban J connectivity index is 2.96.